The van der Waals surface area contributed by atoms with Gasteiger partial charge in [0, 0.05) is 6.04 Å². The van der Waals surface area contributed by atoms with Crippen molar-refractivity contribution in [3.8, 4) is 0 Å². The maximum absolute atomic E-state index is 12.5. The van der Waals surface area contributed by atoms with Crippen LogP contribution in [0.15, 0.2) is 24.3 Å². The third-order valence-corrected chi connectivity index (χ3v) is 2.37. The van der Waals surface area contributed by atoms with Crippen molar-refractivity contribution in [2.75, 3.05) is 0 Å². The van der Waals surface area contributed by atoms with Crippen LogP contribution < -0.4 is 4.72 Å². The van der Waals surface area contributed by atoms with Gasteiger partial charge in [-0.25, -0.2) is 9.11 Å². The summed E-state index contributed by atoms with van der Waals surface area (Å²) in [6.07, 6.45) is 0. The van der Waals surface area contributed by atoms with Gasteiger partial charge in [0.15, 0.2) is 0 Å². The summed E-state index contributed by atoms with van der Waals surface area (Å²) >= 11 is 3.96. The summed E-state index contributed by atoms with van der Waals surface area (Å²) in [5.74, 6) is -0.204. The number of hydrogen-bond donors (Lipinski definition) is 2. The first-order valence-electron chi connectivity index (χ1n) is 3.55. The Balaban J connectivity index is 2.68. The summed E-state index contributed by atoms with van der Waals surface area (Å²) in [5.41, 5.74) is 1.05. The van der Waals surface area contributed by atoms with Crippen LogP contribution >= 0.6 is 22.6 Å². The minimum absolute atomic E-state index is 0.188. The highest BCUT2D eigenvalue weighted by Gasteiger charge is 2.02. The quantitative estimate of drug-likeness (QED) is 0.445. The van der Waals surface area contributed by atoms with Crippen molar-refractivity contribution in [2.24, 2.45) is 0 Å². The van der Waals surface area contributed by atoms with Gasteiger partial charge in [-0.15, -0.1) is 0 Å². The minimum Gasteiger partial charge on any atom is -0.248 e. The smallest absolute Gasteiger partial charge is 0.123 e. The van der Waals surface area contributed by atoms with Crippen LogP contribution in [0.5, 0.6) is 0 Å². The summed E-state index contributed by atoms with van der Waals surface area (Å²) < 4.78 is 15.5. The van der Waals surface area contributed by atoms with Crippen LogP contribution in [0.3, 0.4) is 0 Å². The lowest BCUT2D eigenvalue weighted by Gasteiger charge is -2.10. The van der Waals surface area contributed by atoms with Crippen LogP contribution in [-0.2, 0) is 0 Å². The molecule has 0 heterocycles. The van der Waals surface area contributed by atoms with Crippen molar-refractivity contribution < 1.29 is 4.39 Å². The van der Waals surface area contributed by atoms with E-state index in [0.717, 1.165) is 5.56 Å². The SMILES string of the molecule is CC(NSS)c1ccc(F)cc1. The molecule has 0 saturated carbocycles. The molecule has 1 aromatic carbocycles. The zero-order valence-electron chi connectivity index (χ0n) is 6.62. The molecule has 0 amide bonds. The Morgan fingerprint density at radius 3 is 2.50 bits per heavy atom. The van der Waals surface area contributed by atoms with E-state index in [0.29, 0.717) is 0 Å². The van der Waals surface area contributed by atoms with Crippen LogP contribution in [0, 0.1) is 5.82 Å². The van der Waals surface area contributed by atoms with E-state index in [-0.39, 0.29) is 11.9 Å². The number of benzene rings is 1. The first kappa shape index (κ1) is 9.89. The molecule has 0 aromatic heterocycles. The van der Waals surface area contributed by atoms with Gasteiger partial charge in [0.25, 0.3) is 0 Å². The van der Waals surface area contributed by atoms with Crippen molar-refractivity contribution in [2.45, 2.75) is 13.0 Å². The van der Waals surface area contributed by atoms with Gasteiger partial charge in [-0.2, -0.15) is 0 Å². The van der Waals surface area contributed by atoms with E-state index < -0.39 is 0 Å². The van der Waals surface area contributed by atoms with Crippen LogP contribution in [0.4, 0.5) is 4.39 Å². The van der Waals surface area contributed by atoms with Gasteiger partial charge in [-0.3, -0.25) is 0 Å². The van der Waals surface area contributed by atoms with E-state index in [4.69, 9.17) is 0 Å². The molecule has 1 nitrogen and oxygen atoms in total. The second-order valence-corrected chi connectivity index (χ2v) is 3.45. The van der Waals surface area contributed by atoms with Gasteiger partial charge >= 0.3 is 0 Å². The molecule has 1 rings (SSSR count). The highest BCUT2D eigenvalue weighted by molar-refractivity contribution is 8.67. The summed E-state index contributed by atoms with van der Waals surface area (Å²) in [6.45, 7) is 2.00. The van der Waals surface area contributed by atoms with E-state index in [9.17, 15) is 4.39 Å². The first-order chi connectivity index (χ1) is 5.74. The Morgan fingerprint density at radius 2 is 2.00 bits per heavy atom. The molecule has 0 aliphatic rings. The van der Waals surface area contributed by atoms with Gasteiger partial charge < -0.3 is 0 Å². The highest BCUT2D eigenvalue weighted by Crippen LogP contribution is 2.16. The fourth-order valence-electron chi connectivity index (χ4n) is 0.899. The molecule has 1 atom stereocenters. The number of halogens is 1. The fourth-order valence-corrected chi connectivity index (χ4v) is 1.67. The predicted molar refractivity (Wildman–Crippen MR) is 54.5 cm³/mol. The maximum Gasteiger partial charge on any atom is 0.123 e. The van der Waals surface area contributed by atoms with Gasteiger partial charge in [0.05, 0.1) is 0 Å². The van der Waals surface area contributed by atoms with Gasteiger partial charge in [0.1, 0.15) is 5.82 Å². The summed E-state index contributed by atoms with van der Waals surface area (Å²) in [6, 6.07) is 6.62. The zero-order valence-corrected chi connectivity index (χ0v) is 8.33. The molecule has 0 radical (unpaired) electrons. The fraction of sp³-hybridized carbons (Fsp3) is 0.250. The monoisotopic (exact) mass is 203 g/mol. The number of nitrogens with one attached hydrogen (secondary N) is 1. The second-order valence-electron chi connectivity index (χ2n) is 2.48. The molecule has 0 aliphatic carbocycles. The number of rotatable bonds is 3. The highest BCUT2D eigenvalue weighted by atomic mass is 33.1. The predicted octanol–water partition coefficient (Wildman–Crippen LogP) is 2.97. The Labute approximate surface area is 80.7 Å². The lowest BCUT2D eigenvalue weighted by molar-refractivity contribution is 0.625. The molecule has 1 aromatic rings. The molecular formula is C8H10FNS2. The standard InChI is InChI=1S/C8H10FNS2/c1-6(10-12-11)7-2-4-8(9)5-3-7/h2-6,10-11H,1H3. The van der Waals surface area contributed by atoms with Gasteiger partial charge in [-0.05, 0) is 35.6 Å². The van der Waals surface area contributed by atoms with Gasteiger partial charge in [0.2, 0.25) is 0 Å². The lowest BCUT2D eigenvalue weighted by Crippen LogP contribution is -2.08. The molecule has 0 aliphatic heterocycles. The molecule has 1 unspecified atom stereocenters. The average Bonchev–Trinajstić information content (AvgIpc) is 2.06. The van der Waals surface area contributed by atoms with E-state index in [1.165, 1.54) is 23.1 Å². The Kier molecular flexibility index (Phi) is 3.91. The Bertz CT molecular complexity index is 237. The van der Waals surface area contributed by atoms with Crippen molar-refractivity contribution in [1.82, 2.24) is 4.72 Å². The molecule has 0 bridgehead atoms. The molecular weight excluding hydrogens is 193 g/mol. The number of hydrogen-bond acceptors (Lipinski definition) is 3. The molecule has 0 saturated heterocycles. The average molecular weight is 203 g/mol. The minimum atomic E-state index is -0.204. The van der Waals surface area contributed by atoms with Crippen LogP contribution in [-0.4, -0.2) is 0 Å². The molecule has 12 heavy (non-hydrogen) atoms. The van der Waals surface area contributed by atoms with E-state index >= 15 is 0 Å². The Morgan fingerprint density at radius 1 is 1.42 bits per heavy atom. The zero-order chi connectivity index (χ0) is 8.97. The van der Waals surface area contributed by atoms with Crippen molar-refractivity contribution in [3.63, 3.8) is 0 Å². The Hall–Kier alpha value is -0.190. The lowest BCUT2D eigenvalue weighted by atomic mass is 10.1. The molecule has 0 fully saturated rings. The van der Waals surface area contributed by atoms with E-state index in [1.807, 2.05) is 6.92 Å². The maximum atomic E-state index is 12.5. The van der Waals surface area contributed by atoms with Gasteiger partial charge in [-0.1, -0.05) is 23.8 Å². The summed E-state index contributed by atoms with van der Waals surface area (Å²) in [5, 5.41) is 0. The van der Waals surface area contributed by atoms with Crippen molar-refractivity contribution >= 4 is 22.6 Å². The first-order valence-corrected chi connectivity index (χ1v) is 5.42. The van der Waals surface area contributed by atoms with Crippen molar-refractivity contribution in [1.29, 1.82) is 0 Å². The molecule has 66 valence electrons. The third kappa shape index (κ3) is 2.69. The largest absolute Gasteiger partial charge is 0.248 e. The van der Waals surface area contributed by atoms with Crippen LogP contribution in [0.25, 0.3) is 0 Å². The third-order valence-electron chi connectivity index (χ3n) is 1.60. The van der Waals surface area contributed by atoms with Crippen LogP contribution in [0.2, 0.25) is 0 Å². The van der Waals surface area contributed by atoms with E-state index in [1.54, 1.807) is 12.1 Å². The van der Waals surface area contributed by atoms with Crippen LogP contribution in [0.1, 0.15) is 18.5 Å². The van der Waals surface area contributed by atoms with Crippen molar-refractivity contribution in [3.05, 3.63) is 35.6 Å². The molecule has 0 spiro atoms. The van der Waals surface area contributed by atoms with E-state index in [2.05, 4.69) is 16.4 Å². The summed E-state index contributed by atoms with van der Waals surface area (Å²) in [7, 11) is 1.26. The normalized spacial score (nSPS) is 12.9. The summed E-state index contributed by atoms with van der Waals surface area (Å²) in [4.78, 5) is 0. The molecule has 4 heteroatoms. The second kappa shape index (κ2) is 4.74. The number of thiol groups is 1. The molecule has 1 N–H and O–H groups in total. The topological polar surface area (TPSA) is 12.0 Å².